The molecule has 0 N–H and O–H groups in total. The lowest BCUT2D eigenvalue weighted by atomic mass is 10.1. The normalized spacial score (nSPS) is 15.7. The first kappa shape index (κ1) is 17.4. The second kappa shape index (κ2) is 8.12. The minimum atomic E-state index is -0.309. The van der Waals surface area contributed by atoms with Gasteiger partial charge in [0.05, 0.1) is 12.7 Å². The highest BCUT2D eigenvalue weighted by Gasteiger charge is 2.15. The van der Waals surface area contributed by atoms with Crippen molar-refractivity contribution in [3.63, 3.8) is 0 Å². The molecule has 0 saturated carbocycles. The van der Waals surface area contributed by atoms with Crippen molar-refractivity contribution < 1.29 is 13.9 Å². The van der Waals surface area contributed by atoms with E-state index in [4.69, 9.17) is 4.74 Å². The number of halogens is 1. The van der Waals surface area contributed by atoms with Crippen LogP contribution in [0.25, 0.3) is 0 Å². The Balaban J connectivity index is 1.58. The zero-order valence-electron chi connectivity index (χ0n) is 14.5. The fraction of sp³-hybridized carbons (Fsp3) is 0.350. The van der Waals surface area contributed by atoms with Crippen LogP contribution in [-0.4, -0.2) is 44.2 Å². The summed E-state index contributed by atoms with van der Waals surface area (Å²) in [5, 5.41) is 0. The van der Waals surface area contributed by atoms with Crippen LogP contribution in [0.1, 0.15) is 22.3 Å². The van der Waals surface area contributed by atoms with Crippen molar-refractivity contribution in [2.24, 2.45) is 0 Å². The molecule has 25 heavy (non-hydrogen) atoms. The molecule has 0 amide bonds. The summed E-state index contributed by atoms with van der Waals surface area (Å²) in [5.74, 6) is -0.508. The van der Waals surface area contributed by atoms with Gasteiger partial charge in [-0.25, -0.2) is 9.18 Å². The molecule has 1 aliphatic rings. The number of anilines is 1. The van der Waals surface area contributed by atoms with Crippen LogP contribution in [0.5, 0.6) is 0 Å². The van der Waals surface area contributed by atoms with E-state index in [0.29, 0.717) is 5.56 Å². The van der Waals surface area contributed by atoms with Crippen LogP contribution in [-0.2, 0) is 11.3 Å². The first-order valence-electron chi connectivity index (χ1n) is 8.56. The third kappa shape index (κ3) is 4.57. The van der Waals surface area contributed by atoms with Gasteiger partial charge in [-0.3, -0.25) is 4.90 Å². The predicted octanol–water partition coefficient (Wildman–Crippen LogP) is 3.32. The minimum Gasteiger partial charge on any atom is -0.465 e. The number of benzene rings is 2. The molecule has 0 aromatic heterocycles. The maximum absolute atomic E-state index is 13.1. The average molecular weight is 342 g/mol. The molecule has 2 aromatic rings. The maximum atomic E-state index is 13.1. The molecule has 0 bridgehead atoms. The molecule has 1 fully saturated rings. The Morgan fingerprint density at radius 2 is 1.72 bits per heavy atom. The van der Waals surface area contributed by atoms with Gasteiger partial charge < -0.3 is 9.64 Å². The molecule has 1 saturated heterocycles. The number of methoxy groups -OCH3 is 1. The number of hydrogen-bond donors (Lipinski definition) is 0. The summed E-state index contributed by atoms with van der Waals surface area (Å²) in [6, 6.07) is 14.3. The monoisotopic (exact) mass is 342 g/mol. The van der Waals surface area contributed by atoms with E-state index in [1.54, 1.807) is 0 Å². The van der Waals surface area contributed by atoms with E-state index in [1.165, 1.54) is 24.8 Å². The lowest BCUT2D eigenvalue weighted by molar-refractivity contribution is 0.0600. The van der Waals surface area contributed by atoms with E-state index in [2.05, 4.69) is 9.80 Å². The van der Waals surface area contributed by atoms with Gasteiger partial charge in [0, 0.05) is 38.4 Å². The van der Waals surface area contributed by atoms with Crippen LogP contribution in [0.3, 0.4) is 0 Å². The fourth-order valence-corrected chi connectivity index (χ4v) is 3.16. The largest absolute Gasteiger partial charge is 0.465 e. The molecule has 132 valence electrons. The van der Waals surface area contributed by atoms with Crippen LogP contribution in [0.2, 0.25) is 0 Å². The lowest BCUT2D eigenvalue weighted by Gasteiger charge is -2.23. The van der Waals surface area contributed by atoms with Crippen LogP contribution in [0.4, 0.5) is 10.1 Å². The van der Waals surface area contributed by atoms with Gasteiger partial charge in [-0.15, -0.1) is 0 Å². The standard InChI is InChI=1S/C20H23FN2O2/c1-25-20(24)17-5-3-16(4-6-17)15-22-11-2-12-23(14-13-22)19-9-7-18(21)8-10-19/h3-10H,2,11-15H2,1H3. The highest BCUT2D eigenvalue weighted by Crippen LogP contribution is 2.18. The molecule has 1 aliphatic heterocycles. The van der Waals surface area contributed by atoms with Gasteiger partial charge >= 0.3 is 5.97 Å². The maximum Gasteiger partial charge on any atom is 0.337 e. The molecule has 4 nitrogen and oxygen atoms in total. The Hall–Kier alpha value is -2.40. The van der Waals surface area contributed by atoms with Crippen molar-refractivity contribution in [3.05, 3.63) is 65.5 Å². The molecular weight excluding hydrogens is 319 g/mol. The van der Waals surface area contributed by atoms with Crippen molar-refractivity contribution in [2.45, 2.75) is 13.0 Å². The summed E-state index contributed by atoms with van der Waals surface area (Å²) in [5.41, 5.74) is 2.83. The average Bonchev–Trinajstić information content (AvgIpc) is 2.88. The molecule has 5 heteroatoms. The highest BCUT2D eigenvalue weighted by molar-refractivity contribution is 5.89. The zero-order valence-corrected chi connectivity index (χ0v) is 14.5. The van der Waals surface area contributed by atoms with Gasteiger partial charge in [-0.2, -0.15) is 0 Å². The Labute approximate surface area is 147 Å². The third-order valence-electron chi connectivity index (χ3n) is 4.56. The molecule has 3 rings (SSSR count). The SMILES string of the molecule is COC(=O)c1ccc(CN2CCCN(c3ccc(F)cc3)CC2)cc1. The van der Waals surface area contributed by atoms with Gasteiger partial charge in [0.2, 0.25) is 0 Å². The summed E-state index contributed by atoms with van der Waals surface area (Å²) in [6.45, 7) is 4.74. The Kier molecular flexibility index (Phi) is 5.66. The van der Waals surface area contributed by atoms with E-state index in [0.717, 1.165) is 44.8 Å². The Bertz CT molecular complexity index is 701. The van der Waals surface area contributed by atoms with Crippen molar-refractivity contribution in [2.75, 3.05) is 38.2 Å². The third-order valence-corrected chi connectivity index (χ3v) is 4.56. The first-order valence-corrected chi connectivity index (χ1v) is 8.56. The van der Waals surface area contributed by atoms with Crippen molar-refractivity contribution in [3.8, 4) is 0 Å². The van der Waals surface area contributed by atoms with Crippen LogP contribution in [0, 0.1) is 5.82 Å². The second-order valence-corrected chi connectivity index (χ2v) is 6.28. The van der Waals surface area contributed by atoms with E-state index < -0.39 is 0 Å². The quantitative estimate of drug-likeness (QED) is 0.798. The molecule has 0 spiro atoms. The smallest absolute Gasteiger partial charge is 0.337 e. The topological polar surface area (TPSA) is 32.8 Å². The van der Waals surface area contributed by atoms with Crippen molar-refractivity contribution in [1.29, 1.82) is 0 Å². The number of esters is 1. The Morgan fingerprint density at radius 3 is 2.40 bits per heavy atom. The van der Waals surface area contributed by atoms with Crippen molar-refractivity contribution >= 4 is 11.7 Å². The van der Waals surface area contributed by atoms with E-state index in [9.17, 15) is 9.18 Å². The summed E-state index contributed by atoms with van der Waals surface area (Å²) < 4.78 is 17.8. The minimum absolute atomic E-state index is 0.199. The van der Waals surface area contributed by atoms with Gasteiger partial charge in [0.25, 0.3) is 0 Å². The molecule has 0 atom stereocenters. The van der Waals surface area contributed by atoms with Gasteiger partial charge in [0.1, 0.15) is 5.82 Å². The first-order chi connectivity index (χ1) is 12.2. The number of rotatable bonds is 4. The number of carbonyl (C=O) groups excluding carboxylic acids is 1. The number of hydrogen-bond acceptors (Lipinski definition) is 4. The molecule has 0 aliphatic carbocycles. The molecule has 0 unspecified atom stereocenters. The number of carbonyl (C=O) groups is 1. The summed E-state index contributed by atoms with van der Waals surface area (Å²) in [4.78, 5) is 16.2. The van der Waals surface area contributed by atoms with Gasteiger partial charge in [-0.1, -0.05) is 12.1 Å². The second-order valence-electron chi connectivity index (χ2n) is 6.28. The van der Waals surface area contributed by atoms with Crippen LogP contribution < -0.4 is 4.90 Å². The van der Waals surface area contributed by atoms with E-state index >= 15 is 0 Å². The molecular formula is C20H23FN2O2. The van der Waals surface area contributed by atoms with Gasteiger partial charge in [0.15, 0.2) is 0 Å². The molecule has 2 aromatic carbocycles. The van der Waals surface area contributed by atoms with E-state index in [-0.39, 0.29) is 11.8 Å². The Morgan fingerprint density at radius 1 is 1.00 bits per heavy atom. The lowest BCUT2D eigenvalue weighted by Crippen LogP contribution is -2.30. The summed E-state index contributed by atoms with van der Waals surface area (Å²) in [6.07, 6.45) is 1.07. The van der Waals surface area contributed by atoms with Crippen LogP contribution in [0.15, 0.2) is 48.5 Å². The summed E-state index contributed by atoms with van der Waals surface area (Å²) in [7, 11) is 1.39. The molecule has 1 heterocycles. The van der Waals surface area contributed by atoms with E-state index in [1.807, 2.05) is 36.4 Å². The molecule has 0 radical (unpaired) electrons. The van der Waals surface area contributed by atoms with Crippen molar-refractivity contribution in [1.82, 2.24) is 4.90 Å². The highest BCUT2D eigenvalue weighted by atomic mass is 19.1. The van der Waals surface area contributed by atoms with Gasteiger partial charge in [-0.05, 0) is 48.4 Å². The zero-order chi connectivity index (χ0) is 17.6. The number of ether oxygens (including phenoxy) is 1. The number of nitrogens with zero attached hydrogens (tertiary/aromatic N) is 2. The predicted molar refractivity (Wildman–Crippen MR) is 96.3 cm³/mol. The van der Waals surface area contributed by atoms with Crippen LogP contribution >= 0.6 is 0 Å². The summed E-state index contributed by atoms with van der Waals surface area (Å²) >= 11 is 0. The fourth-order valence-electron chi connectivity index (χ4n) is 3.16.